The fourth-order valence-electron chi connectivity index (χ4n) is 1.85. The Morgan fingerprint density at radius 2 is 2.00 bits per heavy atom. The molecule has 4 nitrogen and oxygen atoms in total. The van der Waals surface area contributed by atoms with Crippen molar-refractivity contribution in [3.05, 3.63) is 48.0 Å². The Hall–Kier alpha value is -1.72. The zero-order valence-corrected chi connectivity index (χ0v) is 9.57. The van der Waals surface area contributed by atoms with Crippen molar-refractivity contribution in [2.24, 2.45) is 5.73 Å². The third-order valence-electron chi connectivity index (χ3n) is 2.84. The van der Waals surface area contributed by atoms with E-state index in [2.05, 4.69) is 0 Å². The maximum atomic E-state index is 14.1. The second-order valence-corrected chi connectivity index (χ2v) is 4.14. The van der Waals surface area contributed by atoms with E-state index in [0.717, 1.165) is 0 Å². The number of aliphatic hydroxyl groups excluding tert-OH is 1. The molecule has 0 spiro atoms. The molecule has 0 radical (unpaired) electrons. The predicted molar refractivity (Wildman–Crippen MR) is 63.3 cm³/mol. The molecule has 0 bridgehead atoms. The van der Waals surface area contributed by atoms with Crippen molar-refractivity contribution in [2.45, 2.75) is 24.4 Å². The van der Waals surface area contributed by atoms with E-state index in [1.807, 2.05) is 0 Å². The first-order chi connectivity index (χ1) is 8.59. The molecular weight excluding hydrogens is 237 g/mol. The first-order valence-corrected chi connectivity index (χ1v) is 5.61. The van der Waals surface area contributed by atoms with Crippen molar-refractivity contribution >= 4 is 5.97 Å². The van der Waals surface area contributed by atoms with Gasteiger partial charge in [0.2, 0.25) is 0 Å². The lowest BCUT2D eigenvalue weighted by Crippen LogP contribution is -2.48. The molecule has 1 heterocycles. The number of nitrogens with two attached hydrogens (primary N) is 1. The largest absolute Gasteiger partial charge is 0.454 e. The molecule has 0 fully saturated rings. The number of alkyl halides is 1. The molecule has 4 atom stereocenters. The second kappa shape index (κ2) is 5.29. The van der Waals surface area contributed by atoms with Crippen LogP contribution in [0.15, 0.2) is 42.5 Å². The monoisotopic (exact) mass is 251 g/mol. The smallest absolute Gasteiger partial charge is 0.330 e. The van der Waals surface area contributed by atoms with Gasteiger partial charge in [-0.2, -0.15) is 0 Å². The van der Waals surface area contributed by atoms with Gasteiger partial charge in [-0.15, -0.1) is 0 Å². The van der Waals surface area contributed by atoms with E-state index in [4.69, 9.17) is 10.5 Å². The van der Waals surface area contributed by atoms with E-state index in [-0.39, 0.29) is 0 Å². The third kappa shape index (κ3) is 2.57. The normalized spacial score (nSPS) is 26.5. The van der Waals surface area contributed by atoms with Gasteiger partial charge in [-0.3, -0.25) is 0 Å². The van der Waals surface area contributed by atoms with Crippen LogP contribution in [0.4, 0.5) is 4.39 Å². The van der Waals surface area contributed by atoms with Gasteiger partial charge in [0.1, 0.15) is 12.2 Å². The van der Waals surface area contributed by atoms with Gasteiger partial charge in [-0.05, 0) is 5.56 Å². The summed E-state index contributed by atoms with van der Waals surface area (Å²) in [4.78, 5) is 11.1. The molecule has 1 aromatic rings. The van der Waals surface area contributed by atoms with Crippen LogP contribution >= 0.6 is 0 Å². The van der Waals surface area contributed by atoms with Crippen molar-refractivity contribution in [1.29, 1.82) is 0 Å². The summed E-state index contributed by atoms with van der Waals surface area (Å²) >= 11 is 0. The summed E-state index contributed by atoms with van der Waals surface area (Å²) in [7, 11) is 0. The summed E-state index contributed by atoms with van der Waals surface area (Å²) in [5.41, 5.74) is 5.99. The van der Waals surface area contributed by atoms with Crippen LogP contribution in [0.2, 0.25) is 0 Å². The van der Waals surface area contributed by atoms with Gasteiger partial charge >= 0.3 is 5.97 Å². The summed E-state index contributed by atoms with van der Waals surface area (Å²) in [5.74, 6) is -0.624. The predicted octanol–water partition coefficient (Wildman–Crippen LogP) is 0.867. The molecule has 1 aliphatic heterocycles. The number of carbonyl (C=O) groups excluding carboxylic acids is 1. The summed E-state index contributed by atoms with van der Waals surface area (Å²) in [5, 5.41) is 9.92. The highest BCUT2D eigenvalue weighted by atomic mass is 19.1. The van der Waals surface area contributed by atoms with E-state index in [1.165, 1.54) is 12.2 Å². The molecule has 4 unspecified atom stereocenters. The maximum absolute atomic E-state index is 14.1. The minimum absolute atomic E-state index is 0.322. The average Bonchev–Trinajstić information content (AvgIpc) is 2.41. The van der Waals surface area contributed by atoms with Gasteiger partial charge in [-0.1, -0.05) is 36.4 Å². The Labute approximate surface area is 104 Å². The minimum Gasteiger partial charge on any atom is -0.454 e. The van der Waals surface area contributed by atoms with E-state index >= 15 is 0 Å². The number of hydrogen-bond acceptors (Lipinski definition) is 4. The number of benzene rings is 1. The SMILES string of the molecule is NC1C=CC(=O)OC1C(O)C(F)c1ccccc1. The van der Waals surface area contributed by atoms with Crippen LogP contribution < -0.4 is 5.73 Å². The number of hydrogen-bond donors (Lipinski definition) is 2. The number of halogens is 1. The molecule has 0 aromatic heterocycles. The molecule has 0 amide bonds. The number of ether oxygens (including phenoxy) is 1. The highest BCUT2D eigenvalue weighted by Crippen LogP contribution is 2.26. The van der Waals surface area contributed by atoms with Crippen LogP contribution in [0.3, 0.4) is 0 Å². The number of aliphatic hydroxyl groups is 1. The van der Waals surface area contributed by atoms with Crippen molar-refractivity contribution in [2.75, 3.05) is 0 Å². The molecule has 5 heteroatoms. The van der Waals surface area contributed by atoms with Gasteiger partial charge in [0.15, 0.2) is 6.17 Å². The van der Waals surface area contributed by atoms with Gasteiger partial charge in [0, 0.05) is 6.08 Å². The van der Waals surface area contributed by atoms with E-state index in [1.54, 1.807) is 30.3 Å². The van der Waals surface area contributed by atoms with E-state index < -0.39 is 30.4 Å². The van der Waals surface area contributed by atoms with E-state index in [0.29, 0.717) is 5.56 Å². The van der Waals surface area contributed by atoms with Crippen LogP contribution in [0.1, 0.15) is 11.7 Å². The molecule has 2 rings (SSSR count). The molecule has 3 N–H and O–H groups in total. The average molecular weight is 251 g/mol. The molecule has 96 valence electrons. The first-order valence-electron chi connectivity index (χ1n) is 5.61. The molecule has 1 aliphatic rings. The Morgan fingerprint density at radius 3 is 2.67 bits per heavy atom. The topological polar surface area (TPSA) is 72.6 Å². The Morgan fingerprint density at radius 1 is 1.33 bits per heavy atom. The summed E-state index contributed by atoms with van der Waals surface area (Å²) in [6.45, 7) is 0. The Bertz CT molecular complexity index is 449. The lowest BCUT2D eigenvalue weighted by atomic mass is 9.96. The third-order valence-corrected chi connectivity index (χ3v) is 2.84. The van der Waals surface area contributed by atoms with Gasteiger partial charge < -0.3 is 15.6 Å². The number of esters is 1. The molecule has 1 aromatic carbocycles. The maximum Gasteiger partial charge on any atom is 0.330 e. The minimum atomic E-state index is -1.65. The molecule has 0 saturated heterocycles. The fourth-order valence-corrected chi connectivity index (χ4v) is 1.85. The fraction of sp³-hybridized carbons (Fsp3) is 0.308. The van der Waals surface area contributed by atoms with Crippen molar-refractivity contribution in [3.8, 4) is 0 Å². The van der Waals surface area contributed by atoms with Crippen LogP contribution in [0.25, 0.3) is 0 Å². The summed E-state index contributed by atoms with van der Waals surface area (Å²) in [6, 6.07) is 7.49. The zero-order chi connectivity index (χ0) is 13.1. The van der Waals surface area contributed by atoms with Crippen LogP contribution in [0.5, 0.6) is 0 Å². The van der Waals surface area contributed by atoms with Crippen molar-refractivity contribution in [1.82, 2.24) is 0 Å². The number of rotatable bonds is 3. The van der Waals surface area contributed by atoms with Crippen molar-refractivity contribution < 1.29 is 19.0 Å². The molecule has 18 heavy (non-hydrogen) atoms. The van der Waals surface area contributed by atoms with Gasteiger partial charge in [-0.25, -0.2) is 9.18 Å². The molecule has 0 saturated carbocycles. The highest BCUT2D eigenvalue weighted by molar-refractivity contribution is 5.83. The van der Waals surface area contributed by atoms with E-state index in [9.17, 15) is 14.3 Å². The Kier molecular flexibility index (Phi) is 3.74. The quantitative estimate of drug-likeness (QED) is 0.782. The van der Waals surface area contributed by atoms with Crippen LogP contribution in [-0.4, -0.2) is 29.3 Å². The van der Waals surface area contributed by atoms with Gasteiger partial charge in [0.25, 0.3) is 0 Å². The number of cyclic esters (lactones) is 1. The lowest BCUT2D eigenvalue weighted by molar-refractivity contribution is -0.154. The molecular formula is C13H14FNO3. The first kappa shape index (κ1) is 12.7. The zero-order valence-electron chi connectivity index (χ0n) is 9.57. The summed E-state index contributed by atoms with van der Waals surface area (Å²) in [6.07, 6.45) is -1.64. The van der Waals surface area contributed by atoms with Crippen LogP contribution in [0, 0.1) is 0 Å². The van der Waals surface area contributed by atoms with Gasteiger partial charge in [0.05, 0.1) is 6.04 Å². The highest BCUT2D eigenvalue weighted by Gasteiger charge is 2.36. The van der Waals surface area contributed by atoms with Crippen molar-refractivity contribution in [3.63, 3.8) is 0 Å². The lowest BCUT2D eigenvalue weighted by Gasteiger charge is -2.30. The Balaban J connectivity index is 2.14. The number of carbonyl (C=O) groups is 1. The standard InChI is InChI=1S/C13H14FNO3/c14-11(8-4-2-1-3-5-8)12(17)13-9(15)6-7-10(16)18-13/h1-7,9,11-13,17H,15H2. The summed E-state index contributed by atoms with van der Waals surface area (Å²) < 4.78 is 19.0. The molecule has 0 aliphatic carbocycles. The van der Waals surface area contributed by atoms with Crippen LogP contribution in [-0.2, 0) is 9.53 Å². The second-order valence-electron chi connectivity index (χ2n) is 4.14.